The number of hydrogen-bond donors (Lipinski definition) is 2. The van der Waals surface area contributed by atoms with E-state index >= 15 is 0 Å². The number of phenols is 1. The molecule has 2 rings (SSSR count). The van der Waals surface area contributed by atoms with Gasteiger partial charge in [0.2, 0.25) is 10.0 Å². The number of carbonyl (C=O) groups excluding carboxylic acids is 2. The Morgan fingerprint density at radius 1 is 1.07 bits per heavy atom. The van der Waals surface area contributed by atoms with E-state index in [4.69, 9.17) is 4.74 Å². The summed E-state index contributed by atoms with van der Waals surface area (Å²) in [6.45, 7) is 6.90. The van der Waals surface area contributed by atoms with E-state index in [1.54, 1.807) is 52.0 Å². The van der Waals surface area contributed by atoms with Crippen LogP contribution in [-0.4, -0.2) is 49.4 Å². The number of rotatable bonds is 8. The van der Waals surface area contributed by atoms with Crippen LogP contribution in [0.1, 0.15) is 35.3 Å². The van der Waals surface area contributed by atoms with Crippen LogP contribution >= 0.6 is 0 Å². The Bertz CT molecular complexity index is 1050. The smallest absolute Gasteiger partial charge is 0.342 e. The number of phenolic OH excluding ortho intramolecular Hbond substituents is 1. The van der Waals surface area contributed by atoms with Crippen LogP contribution < -0.4 is 5.32 Å². The summed E-state index contributed by atoms with van der Waals surface area (Å²) >= 11 is 0. The topological polar surface area (TPSA) is 113 Å². The summed E-state index contributed by atoms with van der Waals surface area (Å²) in [5.41, 5.74) is 1.30. The van der Waals surface area contributed by atoms with E-state index < -0.39 is 28.5 Å². The molecule has 0 fully saturated rings. The lowest BCUT2D eigenvalue weighted by Crippen LogP contribution is -2.31. The monoisotopic (exact) mass is 434 g/mol. The highest BCUT2D eigenvalue weighted by Gasteiger charge is 2.24. The number of aromatic hydroxyl groups is 1. The second-order valence-corrected chi connectivity index (χ2v) is 8.57. The quantitative estimate of drug-likeness (QED) is 0.618. The van der Waals surface area contributed by atoms with Crippen LogP contribution in [0.3, 0.4) is 0 Å². The van der Waals surface area contributed by atoms with Gasteiger partial charge in [-0.25, -0.2) is 13.2 Å². The maximum absolute atomic E-state index is 12.8. The van der Waals surface area contributed by atoms with E-state index in [1.165, 1.54) is 16.4 Å². The highest BCUT2D eigenvalue weighted by atomic mass is 32.2. The van der Waals surface area contributed by atoms with Crippen molar-refractivity contribution in [2.45, 2.75) is 32.6 Å². The van der Waals surface area contributed by atoms with Crippen molar-refractivity contribution in [3.63, 3.8) is 0 Å². The third kappa shape index (κ3) is 5.17. The average Bonchev–Trinajstić information content (AvgIpc) is 2.70. The van der Waals surface area contributed by atoms with Gasteiger partial charge in [0.15, 0.2) is 6.61 Å². The number of carbonyl (C=O) groups is 2. The number of nitrogens with one attached hydrogen (secondary N) is 1. The van der Waals surface area contributed by atoms with Crippen molar-refractivity contribution in [3.05, 3.63) is 53.1 Å². The number of ether oxygens (including phenoxy) is 1. The molecule has 0 radical (unpaired) electrons. The second-order valence-electron chi connectivity index (χ2n) is 6.66. The molecule has 8 nitrogen and oxygen atoms in total. The molecule has 0 aliphatic rings. The largest absolute Gasteiger partial charge is 0.507 e. The van der Waals surface area contributed by atoms with Crippen molar-refractivity contribution < 1.29 is 27.9 Å². The van der Waals surface area contributed by atoms with Gasteiger partial charge >= 0.3 is 5.97 Å². The third-order valence-electron chi connectivity index (χ3n) is 4.59. The number of hydrogen-bond acceptors (Lipinski definition) is 6. The zero-order valence-electron chi connectivity index (χ0n) is 17.4. The summed E-state index contributed by atoms with van der Waals surface area (Å²) in [6.07, 6.45) is 0. The Balaban J connectivity index is 2.11. The molecule has 30 heavy (non-hydrogen) atoms. The highest BCUT2D eigenvalue weighted by molar-refractivity contribution is 7.89. The molecule has 0 bridgehead atoms. The molecular formula is C21H26N2O6S. The Kier molecular flexibility index (Phi) is 7.58. The van der Waals surface area contributed by atoms with Gasteiger partial charge in [0, 0.05) is 18.8 Å². The van der Waals surface area contributed by atoms with Gasteiger partial charge in [-0.05, 0) is 43.2 Å². The Hall–Kier alpha value is -2.91. The first-order valence-corrected chi connectivity index (χ1v) is 10.9. The van der Waals surface area contributed by atoms with Crippen molar-refractivity contribution in [1.29, 1.82) is 0 Å². The number of anilines is 1. The zero-order chi connectivity index (χ0) is 22.5. The summed E-state index contributed by atoms with van der Waals surface area (Å²) in [5, 5.41) is 12.5. The van der Waals surface area contributed by atoms with Crippen LogP contribution in [0.4, 0.5) is 5.69 Å². The van der Waals surface area contributed by atoms with Gasteiger partial charge in [-0.15, -0.1) is 0 Å². The van der Waals surface area contributed by atoms with Crippen molar-refractivity contribution in [1.82, 2.24) is 4.31 Å². The van der Waals surface area contributed by atoms with Gasteiger partial charge in [0.05, 0.1) is 4.90 Å². The molecule has 2 aromatic rings. The number of aryl methyl sites for hydroxylation is 2. The van der Waals surface area contributed by atoms with Gasteiger partial charge in [-0.2, -0.15) is 4.31 Å². The van der Waals surface area contributed by atoms with Crippen molar-refractivity contribution in [2.24, 2.45) is 0 Å². The van der Waals surface area contributed by atoms with E-state index in [2.05, 4.69) is 5.32 Å². The molecule has 2 N–H and O–H groups in total. The lowest BCUT2D eigenvalue weighted by molar-refractivity contribution is -0.119. The number of esters is 1. The highest BCUT2D eigenvalue weighted by Crippen LogP contribution is 2.24. The molecule has 0 atom stereocenters. The van der Waals surface area contributed by atoms with Crippen molar-refractivity contribution >= 4 is 27.6 Å². The van der Waals surface area contributed by atoms with E-state index in [9.17, 15) is 23.1 Å². The molecule has 162 valence electrons. The standard InChI is InChI=1S/C21H26N2O6S/c1-5-23(6-2)30(27,28)18-12-16(11-10-14(18)3)22-19(24)13-29-21(26)17-9-7-8-15(4)20(17)25/h7-12,25H,5-6,13H2,1-4H3,(H,22,24). The van der Waals surface area contributed by atoms with Gasteiger partial charge in [-0.1, -0.05) is 32.0 Å². The molecule has 0 spiro atoms. The zero-order valence-corrected chi connectivity index (χ0v) is 18.2. The average molecular weight is 435 g/mol. The van der Waals surface area contributed by atoms with Gasteiger partial charge in [0.25, 0.3) is 5.91 Å². The fourth-order valence-electron chi connectivity index (χ4n) is 2.89. The van der Waals surface area contributed by atoms with Gasteiger partial charge in [-0.3, -0.25) is 4.79 Å². The molecule has 0 aromatic heterocycles. The normalized spacial score (nSPS) is 11.4. The maximum Gasteiger partial charge on any atom is 0.342 e. The summed E-state index contributed by atoms with van der Waals surface area (Å²) in [6, 6.07) is 9.18. The van der Waals surface area contributed by atoms with Gasteiger partial charge < -0.3 is 15.2 Å². The maximum atomic E-state index is 12.8. The van der Waals surface area contributed by atoms with E-state index in [1.807, 2.05) is 0 Å². The molecule has 0 aliphatic carbocycles. The van der Waals surface area contributed by atoms with Crippen LogP contribution in [-0.2, 0) is 19.6 Å². The Morgan fingerprint density at radius 3 is 2.37 bits per heavy atom. The van der Waals surface area contributed by atoms with E-state index in [0.717, 1.165) is 0 Å². The minimum Gasteiger partial charge on any atom is -0.507 e. The van der Waals surface area contributed by atoms with Crippen molar-refractivity contribution in [3.8, 4) is 5.75 Å². The molecule has 0 saturated carbocycles. The second kappa shape index (κ2) is 9.73. The minimum atomic E-state index is -3.69. The third-order valence-corrected chi connectivity index (χ3v) is 6.78. The van der Waals surface area contributed by atoms with Crippen LogP contribution in [0.15, 0.2) is 41.3 Å². The van der Waals surface area contributed by atoms with Gasteiger partial charge in [0.1, 0.15) is 11.3 Å². The summed E-state index contributed by atoms with van der Waals surface area (Å²) in [5.74, 6) is -1.67. The fraction of sp³-hybridized carbons (Fsp3) is 0.333. The Morgan fingerprint density at radius 2 is 1.73 bits per heavy atom. The number of benzene rings is 2. The SMILES string of the molecule is CCN(CC)S(=O)(=O)c1cc(NC(=O)COC(=O)c2cccc(C)c2O)ccc1C. The molecule has 0 saturated heterocycles. The fourth-order valence-corrected chi connectivity index (χ4v) is 4.60. The van der Waals surface area contributed by atoms with Crippen LogP contribution in [0.25, 0.3) is 0 Å². The number of para-hydroxylation sites is 1. The molecule has 0 unspecified atom stereocenters. The first kappa shape index (κ1) is 23.4. The molecule has 0 aliphatic heterocycles. The molecule has 0 heterocycles. The van der Waals surface area contributed by atoms with E-state index in [0.29, 0.717) is 24.2 Å². The summed E-state index contributed by atoms with van der Waals surface area (Å²) < 4.78 is 31.9. The van der Waals surface area contributed by atoms with Crippen LogP contribution in [0.2, 0.25) is 0 Å². The molecule has 1 amide bonds. The molecule has 9 heteroatoms. The number of sulfonamides is 1. The lowest BCUT2D eigenvalue weighted by atomic mass is 10.1. The number of nitrogens with zero attached hydrogens (tertiary/aromatic N) is 1. The molecule has 2 aromatic carbocycles. The molecular weight excluding hydrogens is 408 g/mol. The van der Waals surface area contributed by atoms with E-state index in [-0.39, 0.29) is 21.9 Å². The predicted molar refractivity (Wildman–Crippen MR) is 113 cm³/mol. The Labute approximate surface area is 176 Å². The van der Waals surface area contributed by atoms with Crippen LogP contribution in [0.5, 0.6) is 5.75 Å². The lowest BCUT2D eigenvalue weighted by Gasteiger charge is -2.20. The minimum absolute atomic E-state index is 0.0364. The van der Waals surface area contributed by atoms with Crippen molar-refractivity contribution in [2.75, 3.05) is 25.0 Å². The first-order valence-electron chi connectivity index (χ1n) is 9.48. The summed E-state index contributed by atoms with van der Waals surface area (Å²) in [7, 11) is -3.69. The summed E-state index contributed by atoms with van der Waals surface area (Å²) in [4.78, 5) is 24.4. The predicted octanol–water partition coefficient (Wildman–Crippen LogP) is 2.84. The first-order chi connectivity index (χ1) is 14.1. The van der Waals surface area contributed by atoms with Crippen LogP contribution in [0, 0.1) is 13.8 Å². The number of amides is 1.